The molecule has 2 aliphatic heterocycles. The van der Waals surface area contributed by atoms with Gasteiger partial charge in [-0.1, -0.05) is 12.1 Å². The molecule has 184 valence electrons. The minimum Gasteiger partial charge on any atom is -0.487 e. The van der Waals surface area contributed by atoms with Crippen molar-refractivity contribution in [3.05, 3.63) is 47.5 Å². The molecule has 0 unspecified atom stereocenters. The van der Waals surface area contributed by atoms with Crippen molar-refractivity contribution in [3.8, 4) is 17.2 Å². The number of anilines is 1. The van der Waals surface area contributed by atoms with E-state index in [1.807, 2.05) is 39.0 Å². The zero-order valence-electron chi connectivity index (χ0n) is 20.1. The van der Waals surface area contributed by atoms with E-state index in [2.05, 4.69) is 5.32 Å². The highest BCUT2D eigenvalue weighted by Gasteiger charge is 2.34. The largest absolute Gasteiger partial charge is 0.487 e. The quantitative estimate of drug-likeness (QED) is 0.638. The first-order valence-electron chi connectivity index (χ1n) is 11.5. The Bertz CT molecular complexity index is 1180. The molecule has 0 aromatic heterocycles. The van der Waals surface area contributed by atoms with Crippen molar-refractivity contribution < 1.29 is 27.4 Å². The van der Waals surface area contributed by atoms with Crippen LogP contribution in [0.15, 0.2) is 36.4 Å². The lowest BCUT2D eigenvalue weighted by atomic mass is 9.89. The van der Waals surface area contributed by atoms with Crippen LogP contribution < -0.4 is 23.8 Å². The van der Waals surface area contributed by atoms with Crippen LogP contribution in [0.1, 0.15) is 50.3 Å². The Labute approximate surface area is 201 Å². The Morgan fingerprint density at radius 3 is 2.56 bits per heavy atom. The normalized spacial score (nSPS) is 18.4. The zero-order valence-corrected chi connectivity index (χ0v) is 20.9. The summed E-state index contributed by atoms with van der Waals surface area (Å²) in [6.07, 6.45) is 2.39. The van der Waals surface area contributed by atoms with Crippen LogP contribution in [0.25, 0.3) is 0 Å². The molecular formula is C25H32N2O6S. The number of carbonyl (C=O) groups excluding carboxylic acids is 1. The van der Waals surface area contributed by atoms with Crippen molar-refractivity contribution in [2.45, 2.75) is 51.7 Å². The molecule has 1 atom stereocenters. The lowest BCUT2D eigenvalue weighted by molar-refractivity contribution is -0.122. The van der Waals surface area contributed by atoms with Crippen LogP contribution in [-0.2, 0) is 14.8 Å². The number of sulfonamides is 1. The minimum absolute atomic E-state index is 0.121. The van der Waals surface area contributed by atoms with E-state index in [1.165, 1.54) is 4.31 Å². The van der Waals surface area contributed by atoms with Crippen molar-refractivity contribution >= 4 is 21.6 Å². The van der Waals surface area contributed by atoms with Crippen molar-refractivity contribution in [3.63, 3.8) is 0 Å². The third kappa shape index (κ3) is 5.58. The van der Waals surface area contributed by atoms with Crippen LogP contribution in [0.5, 0.6) is 17.2 Å². The second-order valence-electron chi connectivity index (χ2n) is 9.49. The summed E-state index contributed by atoms with van der Waals surface area (Å²) in [6.45, 7) is 7.09. The van der Waals surface area contributed by atoms with E-state index in [4.69, 9.17) is 14.2 Å². The number of nitrogens with zero attached hydrogens (tertiary/aromatic N) is 1. The van der Waals surface area contributed by atoms with Gasteiger partial charge in [0, 0.05) is 31.0 Å². The number of carbonyl (C=O) groups is 1. The summed E-state index contributed by atoms with van der Waals surface area (Å²) in [5.41, 5.74) is 2.15. The van der Waals surface area contributed by atoms with Crippen LogP contribution in [0.4, 0.5) is 5.69 Å². The molecule has 0 saturated heterocycles. The van der Waals surface area contributed by atoms with E-state index < -0.39 is 15.6 Å². The van der Waals surface area contributed by atoms with Gasteiger partial charge in [-0.25, -0.2) is 8.42 Å². The highest BCUT2D eigenvalue weighted by atomic mass is 32.2. The number of amides is 1. The van der Waals surface area contributed by atoms with Crippen LogP contribution in [0.3, 0.4) is 0 Å². The van der Waals surface area contributed by atoms with Gasteiger partial charge in [0.2, 0.25) is 15.9 Å². The lowest BCUT2D eigenvalue weighted by Crippen LogP contribution is -2.41. The molecule has 0 radical (unpaired) electrons. The molecule has 34 heavy (non-hydrogen) atoms. The lowest BCUT2D eigenvalue weighted by Gasteiger charge is -2.38. The van der Waals surface area contributed by atoms with Gasteiger partial charge >= 0.3 is 0 Å². The number of hydrogen-bond donors (Lipinski definition) is 1. The molecule has 2 aromatic rings. The average Bonchev–Trinajstić information content (AvgIpc) is 2.74. The summed E-state index contributed by atoms with van der Waals surface area (Å²) in [5.74, 6) is 1.79. The Hall–Kier alpha value is -2.94. The SMILES string of the molecule is Cc1ccc2c(c1)OC(C)(C)C[C@H]2NC(=O)CCCN(c1ccc2c(c1)OCCO2)S(C)(=O)=O. The number of aryl methyl sites for hydroxylation is 1. The van der Waals surface area contributed by atoms with E-state index in [0.29, 0.717) is 43.2 Å². The first kappa shape index (κ1) is 24.2. The molecule has 0 bridgehead atoms. The van der Waals surface area contributed by atoms with Gasteiger partial charge in [-0.15, -0.1) is 0 Å². The summed E-state index contributed by atoms with van der Waals surface area (Å²) in [6, 6.07) is 10.9. The molecule has 4 rings (SSSR count). The van der Waals surface area contributed by atoms with Crippen LogP contribution in [0, 0.1) is 6.92 Å². The molecule has 9 heteroatoms. The molecule has 0 saturated carbocycles. The molecule has 8 nitrogen and oxygen atoms in total. The fourth-order valence-electron chi connectivity index (χ4n) is 4.41. The van der Waals surface area contributed by atoms with Crippen LogP contribution in [-0.4, -0.2) is 45.9 Å². The van der Waals surface area contributed by atoms with Gasteiger partial charge in [-0.3, -0.25) is 9.10 Å². The third-order valence-electron chi connectivity index (χ3n) is 5.94. The number of ether oxygens (including phenoxy) is 3. The highest BCUT2D eigenvalue weighted by molar-refractivity contribution is 7.92. The van der Waals surface area contributed by atoms with Gasteiger partial charge in [0.15, 0.2) is 11.5 Å². The summed E-state index contributed by atoms with van der Waals surface area (Å²) < 4.78 is 43.4. The first-order valence-corrected chi connectivity index (χ1v) is 13.3. The first-order chi connectivity index (χ1) is 16.0. The summed E-state index contributed by atoms with van der Waals surface area (Å²) in [5, 5.41) is 3.12. The second kappa shape index (κ2) is 9.37. The number of benzene rings is 2. The van der Waals surface area contributed by atoms with Crippen molar-refractivity contribution in [1.82, 2.24) is 5.32 Å². The molecule has 0 spiro atoms. The van der Waals surface area contributed by atoms with Gasteiger partial charge in [0.1, 0.15) is 24.6 Å². The van der Waals surface area contributed by atoms with Crippen molar-refractivity contribution in [2.75, 3.05) is 30.3 Å². The molecule has 2 heterocycles. The molecule has 0 aliphatic carbocycles. The average molecular weight is 489 g/mol. The third-order valence-corrected chi connectivity index (χ3v) is 7.13. The molecule has 2 aromatic carbocycles. The maximum atomic E-state index is 12.8. The number of fused-ring (bicyclic) bond motifs is 2. The topological polar surface area (TPSA) is 94.2 Å². The molecule has 1 amide bonds. The number of rotatable bonds is 7. The fraction of sp³-hybridized carbons (Fsp3) is 0.480. The van der Waals surface area contributed by atoms with Gasteiger partial charge in [0.25, 0.3) is 0 Å². The zero-order chi connectivity index (χ0) is 24.5. The van der Waals surface area contributed by atoms with Crippen LogP contribution >= 0.6 is 0 Å². The monoisotopic (exact) mass is 488 g/mol. The van der Waals surface area contributed by atoms with E-state index in [0.717, 1.165) is 23.1 Å². The summed E-state index contributed by atoms with van der Waals surface area (Å²) in [4.78, 5) is 12.8. The van der Waals surface area contributed by atoms with Crippen molar-refractivity contribution in [2.24, 2.45) is 0 Å². The predicted molar refractivity (Wildman–Crippen MR) is 130 cm³/mol. The number of nitrogens with one attached hydrogen (secondary N) is 1. The van der Waals surface area contributed by atoms with E-state index in [1.54, 1.807) is 18.2 Å². The predicted octanol–water partition coefficient (Wildman–Crippen LogP) is 3.73. The number of hydrogen-bond acceptors (Lipinski definition) is 6. The Morgan fingerprint density at radius 2 is 1.82 bits per heavy atom. The van der Waals surface area contributed by atoms with E-state index >= 15 is 0 Å². The standard InChI is InChI=1S/C25H32N2O6S/c1-17-7-9-19-20(16-25(2,3)33-22(19)14-17)26-24(28)6-5-11-27(34(4,29)30)18-8-10-21-23(15-18)32-13-12-31-21/h7-10,14-15,20H,5-6,11-13,16H2,1-4H3,(H,26,28)/t20-/m1/s1. The van der Waals surface area contributed by atoms with Gasteiger partial charge in [-0.2, -0.15) is 0 Å². The Kier molecular flexibility index (Phi) is 6.66. The molecule has 2 aliphatic rings. The summed E-state index contributed by atoms with van der Waals surface area (Å²) in [7, 11) is -3.54. The molecule has 0 fully saturated rings. The van der Waals surface area contributed by atoms with Gasteiger partial charge in [-0.05, 0) is 51.0 Å². The van der Waals surface area contributed by atoms with E-state index in [9.17, 15) is 13.2 Å². The summed E-state index contributed by atoms with van der Waals surface area (Å²) >= 11 is 0. The Morgan fingerprint density at radius 1 is 1.09 bits per heavy atom. The second-order valence-corrected chi connectivity index (χ2v) is 11.4. The van der Waals surface area contributed by atoms with Gasteiger partial charge in [0.05, 0.1) is 18.0 Å². The smallest absolute Gasteiger partial charge is 0.232 e. The molecular weight excluding hydrogens is 456 g/mol. The minimum atomic E-state index is -3.54. The molecule has 1 N–H and O–H groups in total. The maximum absolute atomic E-state index is 12.8. The van der Waals surface area contributed by atoms with E-state index in [-0.39, 0.29) is 24.9 Å². The van der Waals surface area contributed by atoms with Crippen LogP contribution in [0.2, 0.25) is 0 Å². The fourth-order valence-corrected chi connectivity index (χ4v) is 5.37. The van der Waals surface area contributed by atoms with Crippen molar-refractivity contribution in [1.29, 1.82) is 0 Å². The van der Waals surface area contributed by atoms with Gasteiger partial charge < -0.3 is 19.5 Å². The Balaban J connectivity index is 1.40. The highest BCUT2D eigenvalue weighted by Crippen LogP contribution is 2.40. The maximum Gasteiger partial charge on any atom is 0.232 e.